The first kappa shape index (κ1) is 26.2. The normalized spacial score (nSPS) is 21.7. The lowest BCUT2D eigenvalue weighted by atomic mass is 9.84. The lowest BCUT2D eigenvalue weighted by molar-refractivity contribution is -0.366. The zero-order chi connectivity index (χ0) is 21.3. The van der Waals surface area contributed by atoms with E-state index in [0.29, 0.717) is 30.2 Å². The number of quaternary nitrogens is 1. The van der Waals surface area contributed by atoms with Crippen LogP contribution in [-0.2, 0) is 9.53 Å². The Morgan fingerprint density at radius 3 is 2.55 bits per heavy atom. The lowest BCUT2D eigenvalue weighted by Crippen LogP contribution is -3.00. The van der Waals surface area contributed by atoms with Gasteiger partial charge in [0, 0.05) is 12.1 Å². The number of nitrogens with zero attached hydrogens (tertiary/aromatic N) is 2. The van der Waals surface area contributed by atoms with Gasteiger partial charge in [-0.3, -0.25) is 10.1 Å². The quantitative estimate of drug-likeness (QED) is 0.323. The van der Waals surface area contributed by atoms with Gasteiger partial charge in [-0.1, -0.05) is 49.3 Å². The summed E-state index contributed by atoms with van der Waals surface area (Å²) in [4.78, 5) is 31.2. The van der Waals surface area contributed by atoms with Crippen molar-refractivity contribution in [3.05, 3.63) is 6.20 Å². The van der Waals surface area contributed by atoms with Gasteiger partial charge < -0.3 is 27.8 Å². The second-order valence-electron chi connectivity index (χ2n) is 8.41. The molecule has 0 aliphatic heterocycles. The summed E-state index contributed by atoms with van der Waals surface area (Å²) in [6.45, 7) is 2.85. The number of hydrogen-bond donors (Lipinski definition) is 2. The van der Waals surface area contributed by atoms with Gasteiger partial charge >= 0.3 is 12.0 Å². The topological polar surface area (TPSA) is 99.2 Å². The van der Waals surface area contributed by atoms with E-state index in [0.717, 1.165) is 35.8 Å². The van der Waals surface area contributed by atoms with Crippen LogP contribution < -0.4 is 23.5 Å². The first-order chi connectivity index (χ1) is 14.6. The largest absolute Gasteiger partial charge is 1.00 e. The molecule has 0 bridgehead atoms. The van der Waals surface area contributed by atoms with E-state index in [9.17, 15) is 9.59 Å². The lowest BCUT2D eigenvalue weighted by Gasteiger charge is -2.42. The minimum absolute atomic E-state index is 0. The fourth-order valence-electron chi connectivity index (χ4n) is 4.42. The van der Waals surface area contributed by atoms with Gasteiger partial charge in [0.2, 0.25) is 0 Å². The molecule has 0 aromatic carbocycles. The average molecular weight is 491 g/mol. The molecule has 3 rings (SSSR count). The molecule has 1 heterocycles. The van der Waals surface area contributed by atoms with Crippen molar-refractivity contribution in [2.45, 2.75) is 87.4 Å². The van der Waals surface area contributed by atoms with Crippen molar-refractivity contribution in [1.82, 2.24) is 9.88 Å². The number of carbonyl (C=O) groups is 2. The van der Waals surface area contributed by atoms with Crippen LogP contribution in [0.25, 0.3) is 0 Å². The molecular formula is C21H35ClN4O3S2. The van der Waals surface area contributed by atoms with Crippen molar-refractivity contribution in [3.63, 3.8) is 0 Å². The zero-order valence-electron chi connectivity index (χ0n) is 18.3. The van der Waals surface area contributed by atoms with E-state index in [4.69, 9.17) is 4.74 Å². The molecule has 0 unspecified atom stereocenters. The number of hydrogen-bond acceptors (Lipinski definition) is 6. The number of esters is 1. The van der Waals surface area contributed by atoms with E-state index in [1.165, 1.54) is 55.2 Å². The molecule has 31 heavy (non-hydrogen) atoms. The molecule has 0 spiro atoms. The molecule has 2 amide bonds. The molecule has 0 radical (unpaired) electrons. The van der Waals surface area contributed by atoms with Gasteiger partial charge in [-0.15, -0.1) is 0 Å². The van der Waals surface area contributed by atoms with E-state index in [1.54, 1.807) is 6.20 Å². The monoisotopic (exact) mass is 490 g/mol. The van der Waals surface area contributed by atoms with Gasteiger partial charge in [-0.2, -0.15) is 0 Å². The first-order valence-electron chi connectivity index (χ1n) is 11.2. The second-order valence-corrected chi connectivity index (χ2v) is 10.7. The third kappa shape index (κ3) is 8.11. The molecule has 0 atom stereocenters. The Morgan fingerprint density at radius 1 is 1.19 bits per heavy atom. The number of anilines is 1. The van der Waals surface area contributed by atoms with Crippen LogP contribution in [0.1, 0.15) is 71.1 Å². The summed E-state index contributed by atoms with van der Waals surface area (Å²) in [7, 11) is 0. The highest BCUT2D eigenvalue weighted by molar-refractivity contribution is 8.01. The van der Waals surface area contributed by atoms with E-state index < -0.39 is 0 Å². The number of ether oxygens (including phenoxy) is 1. The fraction of sp³-hybridized carbons (Fsp3) is 0.762. The zero-order valence-corrected chi connectivity index (χ0v) is 20.7. The van der Waals surface area contributed by atoms with Crippen molar-refractivity contribution in [2.75, 3.05) is 17.8 Å². The highest BCUT2D eigenvalue weighted by Crippen LogP contribution is 2.34. The van der Waals surface area contributed by atoms with Gasteiger partial charge in [0.1, 0.15) is 5.94 Å². The van der Waals surface area contributed by atoms with Crippen LogP contribution in [0.5, 0.6) is 0 Å². The highest BCUT2D eigenvalue weighted by atomic mass is 35.5. The fourth-order valence-corrected chi connectivity index (χ4v) is 6.01. The molecular weight excluding hydrogens is 456 g/mol. The minimum atomic E-state index is -0.236. The molecule has 2 aliphatic carbocycles. The molecule has 7 nitrogen and oxygen atoms in total. The average Bonchev–Trinajstić information content (AvgIpc) is 3.18. The Balaban J connectivity index is 0.00000341. The smallest absolute Gasteiger partial charge is 0.324 e. The highest BCUT2D eigenvalue weighted by Gasteiger charge is 2.34. The molecule has 0 saturated heterocycles. The molecule has 176 valence electrons. The van der Waals surface area contributed by atoms with Crippen LogP contribution in [-0.4, -0.2) is 46.5 Å². The first-order valence-corrected chi connectivity index (χ1v) is 13.0. The summed E-state index contributed by atoms with van der Waals surface area (Å²) in [5, 5.41) is 3.66. The van der Waals surface area contributed by atoms with Gasteiger partial charge in [0.15, 0.2) is 5.13 Å². The Hall–Kier alpha value is -1.03. The summed E-state index contributed by atoms with van der Waals surface area (Å²) in [6.07, 6.45) is 12.6. The maximum atomic E-state index is 13.3. The second kappa shape index (κ2) is 13.5. The maximum absolute atomic E-state index is 13.3. The number of urea groups is 1. The van der Waals surface area contributed by atoms with Crippen molar-refractivity contribution in [1.29, 1.82) is 0 Å². The number of amides is 2. The molecule has 2 saturated carbocycles. The number of thiazole rings is 1. The minimum Gasteiger partial charge on any atom is -1.00 e. The Morgan fingerprint density at radius 2 is 1.87 bits per heavy atom. The summed E-state index contributed by atoms with van der Waals surface area (Å²) in [6, 6.07) is 0.679. The number of halogens is 1. The number of rotatable bonds is 8. The number of nitrogens with one attached hydrogen (secondary N) is 1. The van der Waals surface area contributed by atoms with Crippen LogP contribution in [0.2, 0.25) is 0 Å². The maximum Gasteiger partial charge on any atom is 0.324 e. The van der Waals surface area contributed by atoms with E-state index in [1.807, 2.05) is 0 Å². The number of carbonyl (C=O) groups excluding carboxylic acids is 2. The molecule has 4 N–H and O–H groups in total. The van der Waals surface area contributed by atoms with Gasteiger partial charge in [-0.05, 0) is 44.4 Å². The van der Waals surface area contributed by atoms with Crippen molar-refractivity contribution < 1.29 is 32.5 Å². The summed E-state index contributed by atoms with van der Waals surface area (Å²) in [5.41, 5.74) is 3.65. The van der Waals surface area contributed by atoms with E-state index in [-0.39, 0.29) is 30.3 Å². The predicted octanol–water partition coefficient (Wildman–Crippen LogP) is 1.12. The third-order valence-electron chi connectivity index (χ3n) is 6.08. The molecule has 1 aromatic heterocycles. The van der Waals surface area contributed by atoms with Crippen molar-refractivity contribution >= 4 is 40.2 Å². The third-order valence-corrected chi connectivity index (χ3v) is 8.02. The summed E-state index contributed by atoms with van der Waals surface area (Å²) in [5.74, 6) is 0.780. The summed E-state index contributed by atoms with van der Waals surface area (Å²) < 4.78 is 6.07. The molecule has 10 heteroatoms. The van der Waals surface area contributed by atoms with Crippen LogP contribution in [0, 0.1) is 5.92 Å². The Labute approximate surface area is 199 Å². The summed E-state index contributed by atoms with van der Waals surface area (Å²) >= 11 is 2.84. The van der Waals surface area contributed by atoms with Crippen molar-refractivity contribution in [2.24, 2.45) is 5.92 Å². The Kier molecular flexibility index (Phi) is 11.4. The van der Waals surface area contributed by atoms with Gasteiger partial charge in [-0.25, -0.2) is 9.78 Å². The van der Waals surface area contributed by atoms with Crippen LogP contribution in [0.15, 0.2) is 10.4 Å². The van der Waals surface area contributed by atoms with Gasteiger partial charge in [0.05, 0.1) is 23.4 Å². The molecule has 1 aromatic rings. The molecule has 2 aliphatic rings. The number of aromatic nitrogens is 1. The molecule has 2 fully saturated rings. The van der Waals surface area contributed by atoms with E-state index in [2.05, 4.69) is 27.9 Å². The van der Waals surface area contributed by atoms with E-state index >= 15 is 0 Å². The van der Waals surface area contributed by atoms with Crippen LogP contribution in [0.3, 0.4) is 0 Å². The number of thioether (sulfide) groups is 1. The Bertz CT molecular complexity index is 692. The van der Waals surface area contributed by atoms with Gasteiger partial charge in [0.25, 0.3) is 0 Å². The SMILES string of the molecule is CC1CCC(N(C(=O)Nc2ncc(SCOC(=O)CC[NH3+])s2)C2CCCCC2)CC1.[Cl-]. The van der Waals surface area contributed by atoms with Crippen molar-refractivity contribution in [3.8, 4) is 0 Å². The van der Waals surface area contributed by atoms with Crippen LogP contribution >= 0.6 is 23.1 Å². The standard InChI is InChI=1S/C21H34N4O3S2.ClH/c1-15-7-9-17(10-8-15)25(16-5-3-2-4-6-16)21(27)24-20-23-13-19(30-20)29-14-28-18(26)11-12-22;/h13,15-17H,2-12,14,22H2,1H3,(H,23,24,27);1H. The predicted molar refractivity (Wildman–Crippen MR) is 120 cm³/mol. The van der Waals surface area contributed by atoms with Crippen LogP contribution in [0.4, 0.5) is 9.93 Å².